The van der Waals surface area contributed by atoms with Crippen molar-refractivity contribution >= 4 is 29.9 Å². The van der Waals surface area contributed by atoms with Crippen LogP contribution in [0.4, 0.5) is 0 Å². The van der Waals surface area contributed by atoms with Gasteiger partial charge >= 0.3 is 0 Å². The van der Waals surface area contributed by atoms with Crippen molar-refractivity contribution in [2.75, 3.05) is 26.7 Å². The third-order valence-corrected chi connectivity index (χ3v) is 6.01. The van der Waals surface area contributed by atoms with Crippen LogP contribution in [0, 0.1) is 5.92 Å². The molecule has 1 aliphatic heterocycles. The Hall–Kier alpha value is -1.83. The molecule has 1 aliphatic rings. The van der Waals surface area contributed by atoms with Gasteiger partial charge in [0.2, 0.25) is 5.56 Å². The molecule has 1 N–H and O–H groups in total. The van der Waals surface area contributed by atoms with Gasteiger partial charge in [-0.05, 0) is 42.7 Å². The van der Waals surface area contributed by atoms with E-state index in [1.807, 2.05) is 19.3 Å². The van der Waals surface area contributed by atoms with Crippen LogP contribution >= 0.6 is 24.0 Å². The highest BCUT2D eigenvalue weighted by atomic mass is 127. The Balaban J connectivity index is 0.00000320. The van der Waals surface area contributed by atoms with Crippen molar-refractivity contribution in [3.05, 3.63) is 70.6 Å². The molecular formula is C24H35IN4O. The summed E-state index contributed by atoms with van der Waals surface area (Å²) in [5.74, 6) is 2.29. The maximum atomic E-state index is 11.8. The molecule has 2 unspecified atom stereocenters. The number of rotatable bonds is 7. The molecule has 5 nitrogen and oxygen atoms in total. The van der Waals surface area contributed by atoms with E-state index in [0.29, 0.717) is 11.8 Å². The van der Waals surface area contributed by atoms with Crippen LogP contribution in [0.25, 0.3) is 0 Å². The molecule has 1 aromatic heterocycles. The molecule has 2 atom stereocenters. The third-order valence-electron chi connectivity index (χ3n) is 6.01. The molecule has 0 aliphatic carbocycles. The molecule has 3 rings (SSSR count). The molecule has 0 bridgehead atoms. The molecular weight excluding hydrogens is 487 g/mol. The number of nitrogens with zero attached hydrogens (tertiary/aromatic N) is 3. The smallest absolute Gasteiger partial charge is 0.250 e. The molecule has 6 heteroatoms. The van der Waals surface area contributed by atoms with Gasteiger partial charge in [0.05, 0.1) is 0 Å². The number of aliphatic imine (C=N–C) groups is 1. The van der Waals surface area contributed by atoms with Crippen LogP contribution in [-0.2, 0) is 6.54 Å². The number of guanidine groups is 1. The number of nitrogens with one attached hydrogen (secondary N) is 1. The van der Waals surface area contributed by atoms with Gasteiger partial charge in [0.25, 0.3) is 0 Å². The monoisotopic (exact) mass is 522 g/mol. The fourth-order valence-electron chi connectivity index (χ4n) is 4.36. The predicted octanol–water partition coefficient (Wildman–Crippen LogP) is 4.34. The second-order valence-corrected chi connectivity index (χ2v) is 7.83. The van der Waals surface area contributed by atoms with Crippen LogP contribution in [0.1, 0.15) is 44.1 Å². The van der Waals surface area contributed by atoms with Gasteiger partial charge in [0, 0.05) is 45.5 Å². The SMILES string of the molecule is CCC1CN(C(=NC)NCCCCn2ccccc2=O)CCC1c1ccccc1.I. The number of hydrogen-bond acceptors (Lipinski definition) is 2. The molecule has 164 valence electrons. The summed E-state index contributed by atoms with van der Waals surface area (Å²) in [7, 11) is 1.87. The lowest BCUT2D eigenvalue weighted by atomic mass is 9.79. The minimum absolute atomic E-state index is 0. The summed E-state index contributed by atoms with van der Waals surface area (Å²) in [4.78, 5) is 18.7. The molecule has 0 radical (unpaired) electrons. The van der Waals surface area contributed by atoms with Gasteiger partial charge in [-0.3, -0.25) is 9.79 Å². The second kappa shape index (κ2) is 12.8. The molecule has 0 amide bonds. The Morgan fingerprint density at radius 3 is 2.60 bits per heavy atom. The number of likely N-dealkylation sites (tertiary alicyclic amines) is 1. The third kappa shape index (κ3) is 6.59. The summed E-state index contributed by atoms with van der Waals surface area (Å²) < 4.78 is 1.77. The number of pyridine rings is 1. The maximum absolute atomic E-state index is 11.8. The zero-order chi connectivity index (χ0) is 20.5. The number of piperidine rings is 1. The minimum atomic E-state index is 0. The van der Waals surface area contributed by atoms with Crippen molar-refractivity contribution in [3.63, 3.8) is 0 Å². The summed E-state index contributed by atoms with van der Waals surface area (Å²) >= 11 is 0. The van der Waals surface area contributed by atoms with Crippen LogP contribution in [0.5, 0.6) is 0 Å². The van der Waals surface area contributed by atoms with E-state index in [-0.39, 0.29) is 29.5 Å². The van der Waals surface area contributed by atoms with Crippen molar-refractivity contribution in [1.29, 1.82) is 0 Å². The summed E-state index contributed by atoms with van der Waals surface area (Å²) in [6.45, 7) is 6.03. The fraction of sp³-hybridized carbons (Fsp3) is 0.500. The van der Waals surface area contributed by atoms with Gasteiger partial charge in [0.1, 0.15) is 0 Å². The van der Waals surface area contributed by atoms with Gasteiger partial charge in [-0.25, -0.2) is 0 Å². The fourth-order valence-corrected chi connectivity index (χ4v) is 4.36. The topological polar surface area (TPSA) is 49.6 Å². The van der Waals surface area contributed by atoms with Gasteiger partial charge in [0.15, 0.2) is 5.96 Å². The summed E-state index contributed by atoms with van der Waals surface area (Å²) in [5, 5.41) is 3.53. The van der Waals surface area contributed by atoms with E-state index in [0.717, 1.165) is 45.0 Å². The van der Waals surface area contributed by atoms with E-state index in [2.05, 4.69) is 52.5 Å². The maximum Gasteiger partial charge on any atom is 0.250 e. The van der Waals surface area contributed by atoms with Crippen molar-refractivity contribution in [1.82, 2.24) is 14.8 Å². The van der Waals surface area contributed by atoms with Crippen molar-refractivity contribution in [2.45, 2.75) is 45.1 Å². The van der Waals surface area contributed by atoms with Gasteiger partial charge < -0.3 is 14.8 Å². The molecule has 2 aromatic rings. The molecule has 2 heterocycles. The van der Waals surface area contributed by atoms with E-state index < -0.39 is 0 Å². The van der Waals surface area contributed by atoms with Crippen LogP contribution in [0.3, 0.4) is 0 Å². The molecule has 30 heavy (non-hydrogen) atoms. The first-order valence-corrected chi connectivity index (χ1v) is 10.9. The Morgan fingerprint density at radius 2 is 1.90 bits per heavy atom. The van der Waals surface area contributed by atoms with Crippen LogP contribution in [0.15, 0.2) is 64.5 Å². The van der Waals surface area contributed by atoms with Gasteiger partial charge in [-0.2, -0.15) is 0 Å². The normalized spacial score (nSPS) is 19.3. The average Bonchev–Trinajstić information content (AvgIpc) is 2.77. The summed E-state index contributed by atoms with van der Waals surface area (Å²) in [5.41, 5.74) is 1.54. The molecule has 1 saturated heterocycles. The largest absolute Gasteiger partial charge is 0.356 e. The lowest BCUT2D eigenvalue weighted by molar-refractivity contribution is 0.215. The number of hydrogen-bond donors (Lipinski definition) is 1. The standard InChI is InChI=1S/C24H34N4O.HI/c1-3-20-19-28(18-14-22(20)21-11-5-4-6-12-21)24(25-2)26-15-8-10-17-27-16-9-7-13-23(27)29;/h4-7,9,11-13,16,20,22H,3,8,10,14-15,17-19H2,1-2H3,(H,25,26);1H. The first kappa shape index (κ1) is 24.4. The Bertz CT molecular complexity index is 836. The van der Waals surface area contributed by atoms with E-state index in [4.69, 9.17) is 0 Å². The lowest BCUT2D eigenvalue weighted by Crippen LogP contribution is -2.48. The number of aromatic nitrogens is 1. The molecule has 0 spiro atoms. The van der Waals surface area contributed by atoms with Crippen LogP contribution in [0.2, 0.25) is 0 Å². The number of halogens is 1. The highest BCUT2D eigenvalue weighted by Crippen LogP contribution is 2.34. The predicted molar refractivity (Wildman–Crippen MR) is 136 cm³/mol. The first-order chi connectivity index (χ1) is 14.2. The number of aryl methyl sites for hydroxylation is 1. The zero-order valence-electron chi connectivity index (χ0n) is 18.2. The van der Waals surface area contributed by atoms with Crippen molar-refractivity contribution in [2.24, 2.45) is 10.9 Å². The first-order valence-electron chi connectivity index (χ1n) is 10.9. The van der Waals surface area contributed by atoms with E-state index in [1.54, 1.807) is 16.7 Å². The lowest BCUT2D eigenvalue weighted by Gasteiger charge is -2.40. The van der Waals surface area contributed by atoms with Gasteiger partial charge in [-0.15, -0.1) is 24.0 Å². The Kier molecular flexibility index (Phi) is 10.4. The highest BCUT2D eigenvalue weighted by Gasteiger charge is 2.30. The van der Waals surface area contributed by atoms with E-state index >= 15 is 0 Å². The van der Waals surface area contributed by atoms with Crippen LogP contribution < -0.4 is 10.9 Å². The second-order valence-electron chi connectivity index (χ2n) is 7.83. The quantitative estimate of drug-likeness (QED) is 0.255. The Labute approximate surface area is 197 Å². The summed E-state index contributed by atoms with van der Waals surface area (Å²) in [6.07, 6.45) is 6.19. The molecule has 0 saturated carbocycles. The van der Waals surface area contributed by atoms with Gasteiger partial charge in [-0.1, -0.05) is 49.7 Å². The van der Waals surface area contributed by atoms with E-state index in [1.165, 1.54) is 18.4 Å². The number of unbranched alkanes of at least 4 members (excludes halogenated alkanes) is 1. The summed E-state index contributed by atoms with van der Waals surface area (Å²) in [6, 6.07) is 16.3. The van der Waals surface area contributed by atoms with Crippen molar-refractivity contribution in [3.8, 4) is 0 Å². The zero-order valence-corrected chi connectivity index (χ0v) is 20.5. The average molecular weight is 522 g/mol. The van der Waals surface area contributed by atoms with Crippen molar-refractivity contribution < 1.29 is 0 Å². The molecule has 1 aromatic carbocycles. The minimum Gasteiger partial charge on any atom is -0.356 e. The Morgan fingerprint density at radius 1 is 1.13 bits per heavy atom. The van der Waals surface area contributed by atoms with E-state index in [9.17, 15) is 4.79 Å². The number of benzene rings is 1. The highest BCUT2D eigenvalue weighted by molar-refractivity contribution is 14.0. The molecule has 1 fully saturated rings. The van der Waals surface area contributed by atoms with Crippen LogP contribution in [-0.4, -0.2) is 42.1 Å².